The molecular formula is C16H24N2O2S. The van der Waals surface area contributed by atoms with E-state index in [4.69, 9.17) is 17.0 Å². The summed E-state index contributed by atoms with van der Waals surface area (Å²) in [7, 11) is 0. The molecule has 1 rings (SSSR count). The molecule has 0 fully saturated rings. The van der Waals surface area contributed by atoms with Crippen LogP contribution in [-0.4, -0.2) is 23.2 Å². The van der Waals surface area contributed by atoms with Gasteiger partial charge >= 0.3 is 0 Å². The van der Waals surface area contributed by atoms with Crippen molar-refractivity contribution in [2.24, 2.45) is 5.92 Å². The van der Waals surface area contributed by atoms with Gasteiger partial charge in [0.05, 0.1) is 6.61 Å². The van der Waals surface area contributed by atoms with Gasteiger partial charge < -0.3 is 10.1 Å². The number of benzene rings is 1. The van der Waals surface area contributed by atoms with Gasteiger partial charge in [-0.25, -0.2) is 0 Å². The molecule has 5 heteroatoms. The van der Waals surface area contributed by atoms with Gasteiger partial charge in [-0.05, 0) is 63.2 Å². The highest BCUT2D eigenvalue weighted by molar-refractivity contribution is 7.80. The van der Waals surface area contributed by atoms with Crippen LogP contribution in [0.1, 0.15) is 45.0 Å². The van der Waals surface area contributed by atoms with Crippen LogP contribution in [-0.2, 0) is 0 Å². The molecule has 0 aliphatic heterocycles. The first-order valence-corrected chi connectivity index (χ1v) is 7.44. The minimum Gasteiger partial charge on any atom is -0.493 e. The van der Waals surface area contributed by atoms with Gasteiger partial charge in [0.2, 0.25) is 0 Å². The molecule has 0 aliphatic carbocycles. The zero-order valence-corrected chi connectivity index (χ0v) is 14.1. The maximum Gasteiger partial charge on any atom is 0.257 e. The van der Waals surface area contributed by atoms with Crippen molar-refractivity contribution in [3.63, 3.8) is 0 Å². The SMILES string of the molecule is CC(C)COc1ccc(C(=O)NC(=S)NC(C)(C)C)cc1. The molecule has 0 radical (unpaired) electrons. The lowest BCUT2D eigenvalue weighted by Gasteiger charge is -2.22. The second kappa shape index (κ2) is 7.41. The maximum atomic E-state index is 12.0. The van der Waals surface area contributed by atoms with E-state index in [1.54, 1.807) is 24.3 Å². The van der Waals surface area contributed by atoms with Crippen molar-refractivity contribution in [1.82, 2.24) is 10.6 Å². The minimum absolute atomic E-state index is 0.182. The first-order valence-electron chi connectivity index (χ1n) is 7.04. The number of thiocarbonyl (C=S) groups is 1. The molecule has 0 aromatic heterocycles. The van der Waals surface area contributed by atoms with Crippen LogP contribution in [0.4, 0.5) is 0 Å². The van der Waals surface area contributed by atoms with Gasteiger partial charge in [-0.3, -0.25) is 10.1 Å². The number of carbonyl (C=O) groups is 1. The first kappa shape index (κ1) is 17.4. The summed E-state index contributed by atoms with van der Waals surface area (Å²) in [5.74, 6) is 0.997. The summed E-state index contributed by atoms with van der Waals surface area (Å²) in [6.45, 7) is 10.8. The monoisotopic (exact) mass is 308 g/mol. The fourth-order valence-corrected chi connectivity index (χ4v) is 1.91. The van der Waals surface area contributed by atoms with Crippen LogP contribution in [0.3, 0.4) is 0 Å². The molecule has 0 saturated carbocycles. The van der Waals surface area contributed by atoms with E-state index in [9.17, 15) is 4.79 Å². The van der Waals surface area contributed by atoms with Crippen LogP contribution in [0.2, 0.25) is 0 Å². The van der Waals surface area contributed by atoms with Gasteiger partial charge in [0.15, 0.2) is 5.11 Å². The molecule has 1 aromatic carbocycles. The van der Waals surface area contributed by atoms with Crippen molar-refractivity contribution in [2.75, 3.05) is 6.61 Å². The Kier molecular flexibility index (Phi) is 6.15. The van der Waals surface area contributed by atoms with E-state index >= 15 is 0 Å². The van der Waals surface area contributed by atoms with Gasteiger partial charge in [-0.15, -0.1) is 0 Å². The summed E-state index contributed by atoms with van der Waals surface area (Å²) in [6.07, 6.45) is 0. The third-order valence-corrected chi connectivity index (χ3v) is 2.62. The zero-order chi connectivity index (χ0) is 16.0. The third kappa shape index (κ3) is 7.09. The van der Waals surface area contributed by atoms with E-state index in [-0.39, 0.29) is 11.4 Å². The molecule has 1 aromatic rings. The normalized spacial score (nSPS) is 11.1. The predicted molar refractivity (Wildman–Crippen MR) is 89.7 cm³/mol. The van der Waals surface area contributed by atoms with Crippen molar-refractivity contribution < 1.29 is 9.53 Å². The number of nitrogens with one attached hydrogen (secondary N) is 2. The maximum absolute atomic E-state index is 12.0. The number of hydrogen-bond donors (Lipinski definition) is 2. The first-order chi connectivity index (χ1) is 9.67. The molecule has 1 amide bonds. The largest absolute Gasteiger partial charge is 0.493 e. The topological polar surface area (TPSA) is 50.4 Å². The summed E-state index contributed by atoms with van der Waals surface area (Å²) in [5, 5.41) is 6.03. The Morgan fingerprint density at radius 1 is 1.24 bits per heavy atom. The molecule has 4 nitrogen and oxygen atoms in total. The summed E-state index contributed by atoms with van der Waals surface area (Å²) in [5.41, 5.74) is 0.365. The van der Waals surface area contributed by atoms with Gasteiger partial charge in [0, 0.05) is 11.1 Å². The molecule has 2 N–H and O–H groups in total. The summed E-state index contributed by atoms with van der Waals surface area (Å²) < 4.78 is 5.58. The Morgan fingerprint density at radius 2 is 1.81 bits per heavy atom. The van der Waals surface area contributed by atoms with Crippen LogP contribution in [0, 0.1) is 5.92 Å². The van der Waals surface area contributed by atoms with E-state index < -0.39 is 0 Å². The zero-order valence-electron chi connectivity index (χ0n) is 13.3. The summed E-state index contributed by atoms with van der Waals surface area (Å²) in [4.78, 5) is 12.0. The van der Waals surface area contributed by atoms with Gasteiger partial charge in [0.1, 0.15) is 5.75 Å². The number of carbonyl (C=O) groups excluding carboxylic acids is 1. The van der Waals surface area contributed by atoms with Crippen LogP contribution in [0.5, 0.6) is 5.75 Å². The highest BCUT2D eigenvalue weighted by Gasteiger charge is 2.14. The molecule has 0 aliphatic rings. The third-order valence-electron chi connectivity index (χ3n) is 2.42. The van der Waals surface area contributed by atoms with Crippen molar-refractivity contribution >= 4 is 23.2 Å². The Labute approximate surface area is 132 Å². The predicted octanol–water partition coefficient (Wildman–Crippen LogP) is 3.12. The van der Waals surface area contributed by atoms with E-state index in [2.05, 4.69) is 24.5 Å². The minimum atomic E-state index is -0.229. The van der Waals surface area contributed by atoms with Crippen LogP contribution < -0.4 is 15.4 Å². The lowest BCUT2D eigenvalue weighted by molar-refractivity contribution is 0.0976. The lowest BCUT2D eigenvalue weighted by atomic mass is 10.1. The fraction of sp³-hybridized carbons (Fsp3) is 0.500. The molecule has 0 heterocycles. The second-order valence-electron chi connectivity index (χ2n) is 6.39. The van der Waals surface area contributed by atoms with Crippen LogP contribution >= 0.6 is 12.2 Å². The van der Waals surface area contributed by atoms with Gasteiger partial charge in [-0.2, -0.15) is 0 Å². The Hall–Kier alpha value is -1.62. The molecule has 0 spiro atoms. The van der Waals surface area contributed by atoms with Gasteiger partial charge in [-0.1, -0.05) is 13.8 Å². The quantitative estimate of drug-likeness (QED) is 0.839. The Morgan fingerprint density at radius 3 is 2.29 bits per heavy atom. The average molecular weight is 308 g/mol. The standard InChI is InChI=1S/C16H24N2O2S/c1-11(2)10-20-13-8-6-12(7-9-13)14(19)17-15(21)18-16(3,4)5/h6-9,11H,10H2,1-5H3,(H2,17,18,19,21). The number of amides is 1. The molecule has 0 atom stereocenters. The average Bonchev–Trinajstić information content (AvgIpc) is 2.34. The number of rotatable bonds is 4. The van der Waals surface area contributed by atoms with Crippen LogP contribution in [0.25, 0.3) is 0 Å². The molecule has 0 unspecified atom stereocenters. The summed E-state index contributed by atoms with van der Waals surface area (Å²) in [6, 6.07) is 7.03. The van der Waals surface area contributed by atoms with Crippen LogP contribution in [0.15, 0.2) is 24.3 Å². The van der Waals surface area contributed by atoms with E-state index in [0.717, 1.165) is 5.75 Å². The van der Waals surface area contributed by atoms with E-state index in [0.29, 0.717) is 23.2 Å². The highest BCUT2D eigenvalue weighted by atomic mass is 32.1. The Balaban J connectivity index is 2.57. The smallest absolute Gasteiger partial charge is 0.257 e. The van der Waals surface area contributed by atoms with Crippen molar-refractivity contribution in [3.8, 4) is 5.75 Å². The van der Waals surface area contributed by atoms with Gasteiger partial charge in [0.25, 0.3) is 5.91 Å². The number of hydrogen-bond acceptors (Lipinski definition) is 3. The highest BCUT2D eigenvalue weighted by Crippen LogP contribution is 2.13. The van der Waals surface area contributed by atoms with Crippen molar-refractivity contribution in [3.05, 3.63) is 29.8 Å². The summed E-state index contributed by atoms with van der Waals surface area (Å²) >= 11 is 5.11. The fourth-order valence-electron chi connectivity index (χ4n) is 1.51. The van der Waals surface area contributed by atoms with Crippen molar-refractivity contribution in [1.29, 1.82) is 0 Å². The second-order valence-corrected chi connectivity index (χ2v) is 6.80. The molecule has 0 saturated heterocycles. The Bertz CT molecular complexity index is 490. The molecular weight excluding hydrogens is 284 g/mol. The van der Waals surface area contributed by atoms with E-state index in [1.165, 1.54) is 0 Å². The lowest BCUT2D eigenvalue weighted by Crippen LogP contribution is -2.48. The molecule has 0 bridgehead atoms. The van der Waals surface area contributed by atoms with Crippen molar-refractivity contribution in [2.45, 2.75) is 40.2 Å². The number of ether oxygens (including phenoxy) is 1. The van der Waals surface area contributed by atoms with E-state index in [1.807, 2.05) is 20.8 Å². The molecule has 21 heavy (non-hydrogen) atoms. The molecule has 116 valence electrons.